The molecule has 5 rings (SSSR count). The molecule has 1 aromatic heterocycles. The lowest BCUT2D eigenvalue weighted by Gasteiger charge is -2.08. The van der Waals surface area contributed by atoms with Crippen LogP contribution in [0.5, 0.6) is 0 Å². The van der Waals surface area contributed by atoms with E-state index >= 15 is 0 Å². The Balaban J connectivity index is 1.32. The summed E-state index contributed by atoms with van der Waals surface area (Å²) < 4.78 is 2.27. The van der Waals surface area contributed by atoms with E-state index in [0.29, 0.717) is 23.3 Å². The van der Waals surface area contributed by atoms with Crippen LogP contribution in [-0.4, -0.2) is 32.2 Å². The first-order valence-electron chi connectivity index (χ1n) is 9.17. The molecular formula is C19H20N4O2S. The zero-order valence-electron chi connectivity index (χ0n) is 14.6. The SMILES string of the molecule is CC1C(=O)Nc2ccc(C(=O)CSc3nnc(C4CC4)n3C3CC3)cc21. The number of benzene rings is 1. The highest BCUT2D eigenvalue weighted by molar-refractivity contribution is 7.99. The number of Topliss-reactive ketones (excluding diaryl/α,β-unsaturated/α-hetero) is 1. The van der Waals surface area contributed by atoms with Gasteiger partial charge in [-0.05, 0) is 56.4 Å². The number of carbonyl (C=O) groups excluding carboxylic acids is 2. The van der Waals surface area contributed by atoms with Crippen molar-refractivity contribution in [2.24, 2.45) is 0 Å². The van der Waals surface area contributed by atoms with E-state index in [4.69, 9.17) is 0 Å². The van der Waals surface area contributed by atoms with Crippen LogP contribution in [0.2, 0.25) is 0 Å². The van der Waals surface area contributed by atoms with Crippen LogP contribution in [0.1, 0.15) is 72.2 Å². The largest absolute Gasteiger partial charge is 0.325 e. The van der Waals surface area contributed by atoms with Crippen LogP contribution in [0.25, 0.3) is 0 Å². The number of nitrogens with one attached hydrogen (secondary N) is 1. The van der Waals surface area contributed by atoms with Crippen LogP contribution >= 0.6 is 11.8 Å². The van der Waals surface area contributed by atoms with Crippen molar-refractivity contribution in [3.05, 3.63) is 35.2 Å². The Labute approximate surface area is 155 Å². The van der Waals surface area contributed by atoms with Gasteiger partial charge in [0, 0.05) is 23.2 Å². The number of fused-ring (bicyclic) bond motifs is 1. The van der Waals surface area contributed by atoms with Crippen LogP contribution in [0.4, 0.5) is 5.69 Å². The lowest BCUT2D eigenvalue weighted by molar-refractivity contribution is -0.116. The van der Waals surface area contributed by atoms with Gasteiger partial charge in [0.05, 0.1) is 11.7 Å². The number of thioether (sulfide) groups is 1. The highest BCUT2D eigenvalue weighted by Gasteiger charge is 2.36. The molecule has 0 saturated heterocycles. The third-order valence-corrected chi connectivity index (χ3v) is 6.31. The average molecular weight is 368 g/mol. The van der Waals surface area contributed by atoms with E-state index in [-0.39, 0.29) is 17.6 Å². The summed E-state index contributed by atoms with van der Waals surface area (Å²) in [7, 11) is 0. The molecule has 2 fully saturated rings. The molecule has 6 nitrogen and oxygen atoms in total. The number of amides is 1. The van der Waals surface area contributed by atoms with Crippen molar-refractivity contribution < 1.29 is 9.59 Å². The van der Waals surface area contributed by atoms with Crippen molar-refractivity contribution >= 4 is 29.1 Å². The number of anilines is 1. The fraction of sp³-hybridized carbons (Fsp3) is 0.474. The molecule has 2 aliphatic carbocycles. The van der Waals surface area contributed by atoms with E-state index in [1.165, 1.54) is 37.4 Å². The summed E-state index contributed by atoms with van der Waals surface area (Å²) in [5.74, 6) is 1.86. The Morgan fingerprint density at radius 2 is 2.08 bits per heavy atom. The Bertz CT molecular complexity index is 914. The van der Waals surface area contributed by atoms with Crippen LogP contribution in [-0.2, 0) is 4.79 Å². The lowest BCUT2D eigenvalue weighted by Crippen LogP contribution is -2.08. The van der Waals surface area contributed by atoms with Crippen LogP contribution in [0, 0.1) is 0 Å². The first-order valence-corrected chi connectivity index (χ1v) is 10.2. The molecule has 2 saturated carbocycles. The van der Waals surface area contributed by atoms with Crippen LogP contribution in [0.15, 0.2) is 23.4 Å². The van der Waals surface area contributed by atoms with Gasteiger partial charge in [0.15, 0.2) is 10.9 Å². The summed E-state index contributed by atoms with van der Waals surface area (Å²) in [6.45, 7) is 1.86. The minimum atomic E-state index is -0.204. The summed E-state index contributed by atoms with van der Waals surface area (Å²) in [5.41, 5.74) is 2.37. The standard InChI is InChI=1S/C19H20N4O2S/c1-10-14-8-12(4-7-15(14)20-18(10)25)16(24)9-26-19-22-21-17(11-2-3-11)23(19)13-5-6-13/h4,7-8,10-11,13H,2-3,5-6,9H2,1H3,(H,20,25). The number of hydrogen-bond donors (Lipinski definition) is 1. The molecule has 134 valence electrons. The van der Waals surface area contributed by atoms with Gasteiger partial charge in [0.1, 0.15) is 5.82 Å². The molecule has 1 N–H and O–H groups in total. The van der Waals surface area contributed by atoms with Crippen molar-refractivity contribution in [2.75, 3.05) is 11.1 Å². The highest BCUT2D eigenvalue weighted by Crippen LogP contribution is 2.46. The Morgan fingerprint density at radius 1 is 1.27 bits per heavy atom. The molecule has 1 amide bonds. The van der Waals surface area contributed by atoms with Gasteiger partial charge >= 0.3 is 0 Å². The third kappa shape index (κ3) is 2.74. The molecule has 2 aromatic rings. The maximum absolute atomic E-state index is 12.7. The third-order valence-electron chi connectivity index (χ3n) is 5.37. The van der Waals surface area contributed by atoms with E-state index in [0.717, 1.165) is 22.2 Å². The van der Waals surface area contributed by atoms with Gasteiger partial charge in [-0.1, -0.05) is 11.8 Å². The predicted octanol–water partition coefficient (Wildman–Crippen LogP) is 3.52. The van der Waals surface area contributed by atoms with E-state index in [2.05, 4.69) is 20.1 Å². The second kappa shape index (κ2) is 5.94. The molecule has 0 radical (unpaired) electrons. The molecule has 1 unspecified atom stereocenters. The second-order valence-electron chi connectivity index (χ2n) is 7.44. The Morgan fingerprint density at radius 3 is 2.81 bits per heavy atom. The van der Waals surface area contributed by atoms with Crippen LogP contribution in [0.3, 0.4) is 0 Å². The summed E-state index contributed by atoms with van der Waals surface area (Å²) in [5, 5.41) is 12.5. The topological polar surface area (TPSA) is 76.9 Å². The number of ketones is 1. The molecule has 1 aromatic carbocycles. The molecular weight excluding hydrogens is 348 g/mol. The monoisotopic (exact) mass is 368 g/mol. The molecule has 2 heterocycles. The maximum Gasteiger partial charge on any atom is 0.231 e. The van der Waals surface area contributed by atoms with Gasteiger partial charge < -0.3 is 9.88 Å². The second-order valence-corrected chi connectivity index (χ2v) is 8.38. The van der Waals surface area contributed by atoms with Gasteiger partial charge in [-0.15, -0.1) is 10.2 Å². The summed E-state index contributed by atoms with van der Waals surface area (Å²) in [6.07, 6.45) is 4.77. The number of carbonyl (C=O) groups is 2. The predicted molar refractivity (Wildman–Crippen MR) is 98.8 cm³/mol. The van der Waals surface area contributed by atoms with Gasteiger partial charge in [-0.25, -0.2) is 0 Å². The minimum Gasteiger partial charge on any atom is -0.325 e. The van der Waals surface area contributed by atoms with Crippen molar-refractivity contribution in [1.82, 2.24) is 14.8 Å². The molecule has 7 heteroatoms. The number of hydrogen-bond acceptors (Lipinski definition) is 5. The molecule has 0 spiro atoms. The summed E-state index contributed by atoms with van der Waals surface area (Å²) >= 11 is 1.48. The first kappa shape index (κ1) is 16.1. The number of rotatable bonds is 6. The van der Waals surface area contributed by atoms with Gasteiger partial charge in [0.25, 0.3) is 0 Å². The van der Waals surface area contributed by atoms with Crippen molar-refractivity contribution in [3.8, 4) is 0 Å². The normalized spacial score (nSPS) is 21.6. The van der Waals surface area contributed by atoms with E-state index in [9.17, 15) is 9.59 Å². The van der Waals surface area contributed by atoms with Crippen molar-refractivity contribution in [2.45, 2.75) is 55.6 Å². The lowest BCUT2D eigenvalue weighted by atomic mass is 9.99. The molecule has 26 heavy (non-hydrogen) atoms. The zero-order valence-corrected chi connectivity index (χ0v) is 15.4. The number of aromatic nitrogens is 3. The fourth-order valence-electron chi connectivity index (χ4n) is 3.49. The van der Waals surface area contributed by atoms with Gasteiger partial charge in [0.2, 0.25) is 5.91 Å². The highest BCUT2D eigenvalue weighted by atomic mass is 32.2. The number of nitrogens with zero attached hydrogens (tertiary/aromatic N) is 3. The zero-order chi connectivity index (χ0) is 17.8. The van der Waals surface area contributed by atoms with Gasteiger partial charge in [-0.2, -0.15) is 0 Å². The molecule has 0 bridgehead atoms. The van der Waals surface area contributed by atoms with Crippen LogP contribution < -0.4 is 5.32 Å². The summed E-state index contributed by atoms with van der Waals surface area (Å²) in [6, 6.07) is 5.99. The average Bonchev–Trinajstić information content (AvgIpc) is 3.57. The van der Waals surface area contributed by atoms with E-state index in [1.54, 1.807) is 6.07 Å². The van der Waals surface area contributed by atoms with Crippen molar-refractivity contribution in [3.63, 3.8) is 0 Å². The quantitative estimate of drug-likeness (QED) is 0.623. The smallest absolute Gasteiger partial charge is 0.231 e. The first-order chi connectivity index (χ1) is 12.6. The Kier molecular flexibility index (Phi) is 3.67. The molecule has 3 aliphatic rings. The summed E-state index contributed by atoms with van der Waals surface area (Å²) in [4.78, 5) is 24.4. The maximum atomic E-state index is 12.7. The van der Waals surface area contributed by atoms with Crippen molar-refractivity contribution in [1.29, 1.82) is 0 Å². The molecule has 1 atom stereocenters. The minimum absolute atomic E-state index is 0.0101. The van der Waals surface area contributed by atoms with E-state index in [1.807, 2.05) is 19.1 Å². The van der Waals surface area contributed by atoms with E-state index < -0.39 is 0 Å². The molecule has 1 aliphatic heterocycles. The Hall–Kier alpha value is -2.15. The van der Waals surface area contributed by atoms with Gasteiger partial charge in [-0.3, -0.25) is 9.59 Å². The fourth-order valence-corrected chi connectivity index (χ4v) is 4.39.